The standard InChI is InChI=1S/C17H19N3O2S2/c1-3-9-23-17-18-15-14(24-17)16(22)20(11-13(21)19(15)2)10-12-7-5-4-6-8-12/h4-8H,3,9-11H2,1-2H3. The normalized spacial score (nSPS) is 14.8. The van der Waals surface area contributed by atoms with Gasteiger partial charge in [-0.15, -0.1) is 11.3 Å². The molecule has 0 radical (unpaired) electrons. The number of aromatic nitrogens is 1. The molecule has 0 saturated carbocycles. The van der Waals surface area contributed by atoms with Gasteiger partial charge in [0, 0.05) is 19.3 Å². The van der Waals surface area contributed by atoms with E-state index in [1.54, 1.807) is 23.7 Å². The number of anilines is 1. The molecule has 2 aromatic rings. The Hall–Kier alpha value is -1.86. The molecule has 0 unspecified atom stereocenters. The fourth-order valence-corrected chi connectivity index (χ4v) is 4.51. The third-order valence-corrected chi connectivity index (χ3v) is 6.12. The zero-order valence-corrected chi connectivity index (χ0v) is 15.3. The van der Waals surface area contributed by atoms with Gasteiger partial charge >= 0.3 is 0 Å². The molecule has 1 aliphatic heterocycles. The Balaban J connectivity index is 1.90. The molecule has 0 saturated heterocycles. The van der Waals surface area contributed by atoms with E-state index in [9.17, 15) is 9.59 Å². The quantitative estimate of drug-likeness (QED) is 0.767. The van der Waals surface area contributed by atoms with Gasteiger partial charge in [0.05, 0.1) is 0 Å². The molecule has 3 rings (SSSR count). The van der Waals surface area contributed by atoms with Crippen LogP contribution < -0.4 is 4.90 Å². The third kappa shape index (κ3) is 3.47. The van der Waals surface area contributed by atoms with E-state index in [0.717, 1.165) is 22.1 Å². The predicted octanol–water partition coefficient (Wildman–Crippen LogP) is 3.26. The van der Waals surface area contributed by atoms with Crippen LogP contribution >= 0.6 is 23.1 Å². The Morgan fingerprint density at radius 1 is 1.25 bits per heavy atom. The SMILES string of the molecule is CCCSc1nc2c(s1)C(=O)N(Cc1ccccc1)CC(=O)N2C. The van der Waals surface area contributed by atoms with Crippen LogP contribution in [0.25, 0.3) is 0 Å². The van der Waals surface area contributed by atoms with Gasteiger partial charge in [-0.25, -0.2) is 4.98 Å². The lowest BCUT2D eigenvalue weighted by atomic mass is 10.2. The summed E-state index contributed by atoms with van der Waals surface area (Å²) in [6, 6.07) is 9.72. The molecule has 1 aromatic heterocycles. The van der Waals surface area contributed by atoms with Crippen LogP contribution in [0.3, 0.4) is 0 Å². The molecule has 24 heavy (non-hydrogen) atoms. The van der Waals surface area contributed by atoms with Crippen LogP contribution in [0.15, 0.2) is 34.7 Å². The minimum atomic E-state index is -0.118. The minimum Gasteiger partial charge on any atom is -0.324 e. The summed E-state index contributed by atoms with van der Waals surface area (Å²) in [6.07, 6.45) is 1.04. The van der Waals surface area contributed by atoms with E-state index < -0.39 is 0 Å². The lowest BCUT2D eigenvalue weighted by Crippen LogP contribution is -2.37. The fourth-order valence-electron chi connectivity index (χ4n) is 2.45. The monoisotopic (exact) mass is 361 g/mol. The number of likely N-dealkylation sites (N-methyl/N-ethyl adjacent to an activating group) is 1. The summed E-state index contributed by atoms with van der Waals surface area (Å²) in [7, 11) is 1.69. The van der Waals surface area contributed by atoms with Crippen molar-refractivity contribution in [1.82, 2.24) is 9.88 Å². The Labute approximate surface area is 149 Å². The van der Waals surface area contributed by atoms with Crippen LogP contribution in [0.2, 0.25) is 0 Å². The number of carbonyl (C=O) groups excluding carboxylic acids is 2. The van der Waals surface area contributed by atoms with Crippen LogP contribution in [0.5, 0.6) is 0 Å². The fraction of sp³-hybridized carbons (Fsp3) is 0.353. The van der Waals surface area contributed by atoms with Crippen LogP contribution in [-0.4, -0.2) is 41.0 Å². The van der Waals surface area contributed by atoms with E-state index >= 15 is 0 Å². The van der Waals surface area contributed by atoms with Gasteiger partial charge in [-0.2, -0.15) is 0 Å². The first-order chi connectivity index (χ1) is 11.6. The van der Waals surface area contributed by atoms with E-state index in [-0.39, 0.29) is 18.4 Å². The zero-order chi connectivity index (χ0) is 17.1. The molecule has 0 spiro atoms. The van der Waals surface area contributed by atoms with Crippen LogP contribution in [0.1, 0.15) is 28.6 Å². The van der Waals surface area contributed by atoms with Crippen LogP contribution in [-0.2, 0) is 11.3 Å². The predicted molar refractivity (Wildman–Crippen MR) is 97.7 cm³/mol. The van der Waals surface area contributed by atoms with Crippen molar-refractivity contribution in [2.75, 3.05) is 24.2 Å². The van der Waals surface area contributed by atoms with Crippen molar-refractivity contribution >= 4 is 40.7 Å². The minimum absolute atomic E-state index is 0.0742. The summed E-state index contributed by atoms with van der Waals surface area (Å²) in [5.74, 6) is 1.21. The van der Waals surface area contributed by atoms with Crippen molar-refractivity contribution in [3.05, 3.63) is 40.8 Å². The van der Waals surface area contributed by atoms with Crippen LogP contribution in [0, 0.1) is 0 Å². The van der Waals surface area contributed by atoms with E-state index in [2.05, 4.69) is 11.9 Å². The highest BCUT2D eigenvalue weighted by Gasteiger charge is 2.33. The molecule has 0 atom stereocenters. The summed E-state index contributed by atoms with van der Waals surface area (Å²) >= 11 is 3.01. The van der Waals surface area contributed by atoms with Crippen molar-refractivity contribution in [3.8, 4) is 0 Å². The summed E-state index contributed by atoms with van der Waals surface area (Å²) in [6.45, 7) is 2.60. The van der Waals surface area contributed by atoms with E-state index in [1.807, 2.05) is 30.3 Å². The third-order valence-electron chi connectivity index (χ3n) is 3.73. The van der Waals surface area contributed by atoms with E-state index in [0.29, 0.717) is 17.2 Å². The molecule has 0 fully saturated rings. The summed E-state index contributed by atoms with van der Waals surface area (Å²) in [5, 5.41) is 0. The number of benzene rings is 1. The molecule has 1 aliphatic rings. The molecular formula is C17H19N3O2S2. The molecule has 5 nitrogen and oxygen atoms in total. The maximum absolute atomic E-state index is 12.9. The zero-order valence-electron chi connectivity index (χ0n) is 13.7. The lowest BCUT2D eigenvalue weighted by Gasteiger charge is -2.20. The highest BCUT2D eigenvalue weighted by atomic mass is 32.2. The number of hydrogen-bond donors (Lipinski definition) is 0. The smallest absolute Gasteiger partial charge is 0.268 e. The molecule has 7 heteroatoms. The number of fused-ring (bicyclic) bond motifs is 1. The molecule has 0 aliphatic carbocycles. The number of thiazole rings is 1. The molecule has 0 N–H and O–H groups in total. The van der Waals surface area contributed by atoms with Gasteiger partial charge in [0.25, 0.3) is 5.91 Å². The second-order valence-corrected chi connectivity index (χ2v) is 7.92. The highest BCUT2D eigenvalue weighted by molar-refractivity contribution is 8.01. The summed E-state index contributed by atoms with van der Waals surface area (Å²) in [5.41, 5.74) is 1.01. The van der Waals surface area contributed by atoms with Crippen molar-refractivity contribution < 1.29 is 9.59 Å². The van der Waals surface area contributed by atoms with Crippen molar-refractivity contribution in [1.29, 1.82) is 0 Å². The maximum Gasteiger partial charge on any atom is 0.268 e. The topological polar surface area (TPSA) is 53.5 Å². The highest BCUT2D eigenvalue weighted by Crippen LogP contribution is 2.35. The van der Waals surface area contributed by atoms with Crippen molar-refractivity contribution in [2.45, 2.75) is 24.2 Å². The summed E-state index contributed by atoms with van der Waals surface area (Å²) < 4.78 is 0.844. The number of rotatable bonds is 5. The summed E-state index contributed by atoms with van der Waals surface area (Å²) in [4.78, 5) is 33.5. The first-order valence-electron chi connectivity index (χ1n) is 7.83. The van der Waals surface area contributed by atoms with Crippen molar-refractivity contribution in [2.24, 2.45) is 0 Å². The average Bonchev–Trinajstić information content (AvgIpc) is 3.00. The second kappa shape index (κ2) is 7.36. The molecule has 126 valence electrons. The van der Waals surface area contributed by atoms with Gasteiger partial charge < -0.3 is 4.90 Å². The molecule has 2 heterocycles. The van der Waals surface area contributed by atoms with Gasteiger partial charge in [0.15, 0.2) is 10.2 Å². The lowest BCUT2D eigenvalue weighted by molar-refractivity contribution is -0.119. The van der Waals surface area contributed by atoms with E-state index in [4.69, 9.17) is 0 Å². The molecular weight excluding hydrogens is 342 g/mol. The van der Waals surface area contributed by atoms with Gasteiger partial charge in [-0.05, 0) is 12.0 Å². The Kier molecular flexibility index (Phi) is 5.20. The number of nitrogens with zero attached hydrogens (tertiary/aromatic N) is 3. The Morgan fingerprint density at radius 2 is 2.00 bits per heavy atom. The largest absolute Gasteiger partial charge is 0.324 e. The Morgan fingerprint density at radius 3 is 2.71 bits per heavy atom. The molecule has 0 bridgehead atoms. The maximum atomic E-state index is 12.9. The average molecular weight is 361 g/mol. The first kappa shape index (κ1) is 17.0. The molecule has 2 amide bonds. The number of amides is 2. The van der Waals surface area contributed by atoms with Gasteiger partial charge in [0.1, 0.15) is 11.4 Å². The number of hydrogen-bond acceptors (Lipinski definition) is 5. The first-order valence-corrected chi connectivity index (χ1v) is 9.63. The van der Waals surface area contributed by atoms with Gasteiger partial charge in [-0.3, -0.25) is 14.5 Å². The molecule has 1 aromatic carbocycles. The van der Waals surface area contributed by atoms with Crippen LogP contribution in [0.4, 0.5) is 5.82 Å². The van der Waals surface area contributed by atoms with E-state index in [1.165, 1.54) is 16.2 Å². The van der Waals surface area contributed by atoms with Gasteiger partial charge in [-0.1, -0.05) is 49.0 Å². The Bertz CT molecular complexity index is 746. The number of thioether (sulfide) groups is 1. The van der Waals surface area contributed by atoms with Crippen molar-refractivity contribution in [3.63, 3.8) is 0 Å². The number of carbonyl (C=O) groups is 2. The second-order valence-electron chi connectivity index (χ2n) is 5.58. The van der Waals surface area contributed by atoms with Gasteiger partial charge in [0.2, 0.25) is 5.91 Å².